The molecule has 5 heteroatoms. The molecule has 0 aromatic carbocycles. The van der Waals surface area contributed by atoms with E-state index in [-0.39, 0.29) is 11.8 Å². The minimum Gasteiger partial charge on any atom is -0.365 e. The molecule has 2 aliphatic heterocycles. The highest BCUT2D eigenvalue weighted by atomic mass is 16.5. The third-order valence-electron chi connectivity index (χ3n) is 3.77. The Kier molecular flexibility index (Phi) is 2.89. The molecule has 2 aliphatic rings. The summed E-state index contributed by atoms with van der Waals surface area (Å²) >= 11 is 0. The van der Waals surface area contributed by atoms with Crippen LogP contribution in [-0.4, -0.2) is 47.6 Å². The highest BCUT2D eigenvalue weighted by Crippen LogP contribution is 2.30. The summed E-state index contributed by atoms with van der Waals surface area (Å²) in [5, 5.41) is 2.79. The van der Waals surface area contributed by atoms with Gasteiger partial charge in [-0.1, -0.05) is 0 Å². The first-order valence-electron chi connectivity index (χ1n) is 6.12. The van der Waals surface area contributed by atoms with Crippen LogP contribution in [0.2, 0.25) is 0 Å². The van der Waals surface area contributed by atoms with Gasteiger partial charge in [-0.15, -0.1) is 0 Å². The molecule has 0 spiro atoms. The van der Waals surface area contributed by atoms with Crippen LogP contribution in [0.1, 0.15) is 33.6 Å². The molecule has 0 bridgehead atoms. The maximum Gasteiger partial charge on any atom is 0.255 e. The van der Waals surface area contributed by atoms with Crippen molar-refractivity contribution in [2.75, 3.05) is 19.7 Å². The molecule has 2 amide bonds. The molecule has 0 aromatic heterocycles. The van der Waals surface area contributed by atoms with Crippen molar-refractivity contribution in [2.45, 2.75) is 44.8 Å². The van der Waals surface area contributed by atoms with Crippen molar-refractivity contribution in [1.29, 1.82) is 0 Å². The predicted octanol–water partition coefficient (Wildman–Crippen LogP) is 0.293. The summed E-state index contributed by atoms with van der Waals surface area (Å²) in [6.45, 7) is 7.07. The summed E-state index contributed by atoms with van der Waals surface area (Å²) < 4.78 is 5.56. The SMILES string of the molecule is CC1(C(=O)N2CCNC(=O)C2(C)C)CCCO1. The van der Waals surface area contributed by atoms with Crippen molar-refractivity contribution in [3.63, 3.8) is 0 Å². The lowest BCUT2D eigenvalue weighted by Gasteiger charge is -2.44. The average molecular weight is 240 g/mol. The summed E-state index contributed by atoms with van der Waals surface area (Å²) in [6.07, 6.45) is 1.64. The maximum absolute atomic E-state index is 12.5. The molecule has 2 fully saturated rings. The zero-order valence-electron chi connectivity index (χ0n) is 10.7. The fourth-order valence-electron chi connectivity index (χ4n) is 2.49. The quantitative estimate of drug-likeness (QED) is 0.717. The number of nitrogens with zero attached hydrogens (tertiary/aromatic N) is 1. The molecule has 2 rings (SSSR count). The molecule has 0 aromatic rings. The largest absolute Gasteiger partial charge is 0.365 e. The van der Waals surface area contributed by atoms with E-state index in [1.54, 1.807) is 18.7 Å². The van der Waals surface area contributed by atoms with Crippen LogP contribution in [0.25, 0.3) is 0 Å². The molecule has 1 atom stereocenters. The Labute approximate surface area is 101 Å². The van der Waals surface area contributed by atoms with Gasteiger partial charge >= 0.3 is 0 Å². The second kappa shape index (κ2) is 3.98. The number of piperazine rings is 1. The highest BCUT2D eigenvalue weighted by molar-refractivity contribution is 5.94. The molecular formula is C12H20N2O3. The van der Waals surface area contributed by atoms with Gasteiger partial charge < -0.3 is 15.0 Å². The summed E-state index contributed by atoms with van der Waals surface area (Å²) in [6, 6.07) is 0. The molecule has 0 aliphatic carbocycles. The van der Waals surface area contributed by atoms with Crippen LogP contribution in [-0.2, 0) is 14.3 Å². The van der Waals surface area contributed by atoms with Crippen molar-refractivity contribution in [1.82, 2.24) is 10.2 Å². The van der Waals surface area contributed by atoms with Gasteiger partial charge in [0.1, 0.15) is 11.1 Å². The van der Waals surface area contributed by atoms with Crippen molar-refractivity contribution in [3.8, 4) is 0 Å². The summed E-state index contributed by atoms with van der Waals surface area (Å²) in [5.74, 6) is -0.159. The van der Waals surface area contributed by atoms with Gasteiger partial charge in [0.05, 0.1) is 0 Å². The molecule has 0 radical (unpaired) electrons. The van der Waals surface area contributed by atoms with E-state index >= 15 is 0 Å². The lowest BCUT2D eigenvalue weighted by Crippen LogP contribution is -2.66. The molecule has 1 N–H and O–H groups in total. The van der Waals surface area contributed by atoms with Gasteiger partial charge in [0.25, 0.3) is 5.91 Å². The van der Waals surface area contributed by atoms with Crippen LogP contribution in [0.5, 0.6) is 0 Å². The van der Waals surface area contributed by atoms with Gasteiger partial charge in [-0.3, -0.25) is 9.59 Å². The fourth-order valence-corrected chi connectivity index (χ4v) is 2.49. The predicted molar refractivity (Wildman–Crippen MR) is 62.4 cm³/mol. The van der Waals surface area contributed by atoms with Crippen LogP contribution >= 0.6 is 0 Å². The Morgan fingerprint density at radius 2 is 2.12 bits per heavy atom. The first-order chi connectivity index (χ1) is 7.88. The van der Waals surface area contributed by atoms with Gasteiger partial charge in [0, 0.05) is 19.7 Å². The fraction of sp³-hybridized carbons (Fsp3) is 0.833. The van der Waals surface area contributed by atoms with Gasteiger partial charge in [-0.05, 0) is 33.6 Å². The van der Waals surface area contributed by atoms with E-state index in [2.05, 4.69) is 5.32 Å². The van der Waals surface area contributed by atoms with E-state index < -0.39 is 11.1 Å². The molecule has 1 unspecified atom stereocenters. The van der Waals surface area contributed by atoms with Gasteiger partial charge in [-0.25, -0.2) is 0 Å². The summed E-state index contributed by atoms with van der Waals surface area (Å²) in [7, 11) is 0. The molecule has 96 valence electrons. The first kappa shape index (κ1) is 12.4. The Morgan fingerprint density at radius 3 is 2.71 bits per heavy atom. The van der Waals surface area contributed by atoms with Crippen LogP contribution < -0.4 is 5.32 Å². The number of hydrogen-bond acceptors (Lipinski definition) is 3. The number of rotatable bonds is 1. The second-order valence-electron chi connectivity index (χ2n) is 5.45. The minimum atomic E-state index is -0.787. The normalized spacial score (nSPS) is 32.4. The van der Waals surface area contributed by atoms with Crippen LogP contribution in [0, 0.1) is 0 Å². The van der Waals surface area contributed by atoms with Gasteiger partial charge in [0.15, 0.2) is 0 Å². The number of ether oxygens (including phenoxy) is 1. The smallest absolute Gasteiger partial charge is 0.255 e. The van der Waals surface area contributed by atoms with E-state index in [4.69, 9.17) is 4.74 Å². The minimum absolute atomic E-state index is 0.0603. The number of amides is 2. The third kappa shape index (κ3) is 1.92. The highest BCUT2D eigenvalue weighted by Gasteiger charge is 2.48. The number of carbonyl (C=O) groups excluding carboxylic acids is 2. The molecule has 5 nitrogen and oxygen atoms in total. The third-order valence-corrected chi connectivity index (χ3v) is 3.77. The molecule has 2 heterocycles. The Morgan fingerprint density at radius 1 is 1.41 bits per heavy atom. The van der Waals surface area contributed by atoms with Crippen LogP contribution in [0.4, 0.5) is 0 Å². The standard InChI is InChI=1S/C12H20N2O3/c1-11(2)9(15)13-6-7-14(11)10(16)12(3)5-4-8-17-12/h4-8H2,1-3H3,(H,13,15). The summed E-state index contributed by atoms with van der Waals surface area (Å²) in [4.78, 5) is 26.0. The zero-order chi connectivity index (χ0) is 12.7. The monoisotopic (exact) mass is 240 g/mol. The Bertz CT molecular complexity index is 346. The van der Waals surface area contributed by atoms with Gasteiger partial charge in [0.2, 0.25) is 5.91 Å². The van der Waals surface area contributed by atoms with Crippen LogP contribution in [0.3, 0.4) is 0 Å². The van der Waals surface area contributed by atoms with E-state index in [0.717, 1.165) is 12.8 Å². The van der Waals surface area contributed by atoms with Gasteiger partial charge in [-0.2, -0.15) is 0 Å². The van der Waals surface area contributed by atoms with Crippen LogP contribution in [0.15, 0.2) is 0 Å². The Hall–Kier alpha value is -1.10. The van der Waals surface area contributed by atoms with E-state index in [1.165, 1.54) is 0 Å². The second-order valence-corrected chi connectivity index (χ2v) is 5.45. The lowest BCUT2D eigenvalue weighted by molar-refractivity contribution is -0.163. The number of carbonyl (C=O) groups is 2. The molecule has 0 saturated carbocycles. The lowest BCUT2D eigenvalue weighted by atomic mass is 9.93. The molecule has 2 saturated heterocycles. The summed E-state index contributed by atoms with van der Waals surface area (Å²) in [5.41, 5.74) is -1.53. The molecular weight excluding hydrogens is 220 g/mol. The zero-order valence-corrected chi connectivity index (χ0v) is 10.7. The number of hydrogen-bond donors (Lipinski definition) is 1. The average Bonchev–Trinajstić information content (AvgIpc) is 2.70. The van der Waals surface area contributed by atoms with Crippen molar-refractivity contribution in [3.05, 3.63) is 0 Å². The van der Waals surface area contributed by atoms with Crippen molar-refractivity contribution >= 4 is 11.8 Å². The topological polar surface area (TPSA) is 58.6 Å². The Balaban J connectivity index is 2.21. The molecule has 17 heavy (non-hydrogen) atoms. The number of nitrogens with one attached hydrogen (secondary N) is 1. The van der Waals surface area contributed by atoms with E-state index in [1.807, 2.05) is 6.92 Å². The van der Waals surface area contributed by atoms with E-state index in [0.29, 0.717) is 19.7 Å². The van der Waals surface area contributed by atoms with Crippen molar-refractivity contribution < 1.29 is 14.3 Å². The maximum atomic E-state index is 12.5. The van der Waals surface area contributed by atoms with Crippen molar-refractivity contribution in [2.24, 2.45) is 0 Å². The first-order valence-corrected chi connectivity index (χ1v) is 6.12. The van der Waals surface area contributed by atoms with E-state index in [9.17, 15) is 9.59 Å².